The zero-order valence-corrected chi connectivity index (χ0v) is 15.9. The van der Waals surface area contributed by atoms with Crippen molar-refractivity contribution in [3.05, 3.63) is 58.4 Å². The molecule has 7 heteroatoms. The van der Waals surface area contributed by atoms with E-state index in [4.69, 9.17) is 4.42 Å². The Labute approximate surface area is 163 Å². The van der Waals surface area contributed by atoms with Crippen LogP contribution in [0.4, 0.5) is 0 Å². The zero-order chi connectivity index (χ0) is 19.5. The van der Waals surface area contributed by atoms with E-state index in [1.54, 1.807) is 35.4 Å². The first kappa shape index (κ1) is 18.5. The number of furan rings is 1. The third kappa shape index (κ3) is 3.88. The molecule has 0 N–H and O–H groups in total. The van der Waals surface area contributed by atoms with Gasteiger partial charge in [-0.1, -0.05) is 18.9 Å². The van der Waals surface area contributed by atoms with Gasteiger partial charge in [-0.3, -0.25) is 14.4 Å². The maximum atomic E-state index is 12.7. The lowest BCUT2D eigenvalue weighted by Gasteiger charge is -2.35. The highest BCUT2D eigenvalue weighted by molar-refractivity contribution is 5.91. The molecule has 148 valence electrons. The average molecular weight is 383 g/mol. The van der Waals surface area contributed by atoms with Gasteiger partial charge in [-0.15, -0.1) is 0 Å². The fraction of sp³-hybridized carbons (Fsp3) is 0.476. The van der Waals surface area contributed by atoms with Gasteiger partial charge in [-0.2, -0.15) is 0 Å². The van der Waals surface area contributed by atoms with Gasteiger partial charge in [-0.25, -0.2) is 0 Å². The van der Waals surface area contributed by atoms with E-state index in [1.807, 2.05) is 4.90 Å². The maximum absolute atomic E-state index is 12.7. The lowest BCUT2D eigenvalue weighted by atomic mass is 10.1. The molecule has 0 atom stereocenters. The second-order valence-corrected chi connectivity index (χ2v) is 7.53. The van der Waals surface area contributed by atoms with Gasteiger partial charge >= 0.3 is 0 Å². The Morgan fingerprint density at radius 1 is 0.964 bits per heavy atom. The molecular formula is C21H25N3O4. The minimum atomic E-state index is -0.167. The van der Waals surface area contributed by atoms with E-state index < -0.39 is 0 Å². The van der Waals surface area contributed by atoms with Gasteiger partial charge < -0.3 is 18.8 Å². The molecule has 2 aromatic heterocycles. The topological polar surface area (TPSA) is 75.8 Å². The smallest absolute Gasteiger partial charge is 0.289 e. The summed E-state index contributed by atoms with van der Waals surface area (Å²) in [6, 6.07) is 8.34. The number of amides is 2. The van der Waals surface area contributed by atoms with E-state index in [9.17, 15) is 14.4 Å². The van der Waals surface area contributed by atoms with E-state index in [0.717, 1.165) is 25.7 Å². The Balaban J connectivity index is 1.34. The number of nitrogens with zero attached hydrogens (tertiary/aromatic N) is 3. The Kier molecular flexibility index (Phi) is 5.32. The number of rotatable bonds is 4. The van der Waals surface area contributed by atoms with Crippen molar-refractivity contribution in [1.29, 1.82) is 0 Å². The normalized spacial score (nSPS) is 17.9. The second-order valence-electron chi connectivity index (χ2n) is 7.53. The van der Waals surface area contributed by atoms with E-state index in [2.05, 4.69) is 0 Å². The van der Waals surface area contributed by atoms with Crippen LogP contribution in [0.25, 0.3) is 0 Å². The molecule has 1 aliphatic heterocycles. The largest absolute Gasteiger partial charge is 0.454 e. The van der Waals surface area contributed by atoms with Gasteiger partial charge in [0.2, 0.25) is 5.91 Å². The van der Waals surface area contributed by atoms with Crippen LogP contribution in [0.15, 0.2) is 45.7 Å². The highest BCUT2D eigenvalue weighted by Gasteiger charge is 2.31. The van der Waals surface area contributed by atoms with Gasteiger partial charge in [0.15, 0.2) is 5.76 Å². The SMILES string of the molecule is O=C(c1ccc(Cn2ccccc2=O)o1)N1CCN(C(=O)C2CCCC2)CC1. The molecule has 7 nitrogen and oxygen atoms in total. The molecule has 0 unspecified atom stereocenters. The quantitative estimate of drug-likeness (QED) is 0.809. The van der Waals surface area contributed by atoms with Crippen LogP contribution < -0.4 is 5.56 Å². The van der Waals surface area contributed by atoms with E-state index in [0.29, 0.717) is 31.9 Å². The van der Waals surface area contributed by atoms with Crippen molar-refractivity contribution < 1.29 is 14.0 Å². The van der Waals surface area contributed by atoms with Crippen LogP contribution in [0.1, 0.15) is 42.0 Å². The van der Waals surface area contributed by atoms with Crippen molar-refractivity contribution in [2.45, 2.75) is 32.2 Å². The highest BCUT2D eigenvalue weighted by Crippen LogP contribution is 2.27. The van der Waals surface area contributed by atoms with Crippen LogP contribution in [0.5, 0.6) is 0 Å². The Bertz CT molecular complexity index is 902. The summed E-state index contributed by atoms with van der Waals surface area (Å²) in [5, 5.41) is 0. The summed E-state index contributed by atoms with van der Waals surface area (Å²) in [5.41, 5.74) is -0.116. The standard InChI is InChI=1S/C21H25N3O4/c25-19-7-3-4-10-24(19)15-17-8-9-18(28-17)21(27)23-13-11-22(12-14-23)20(26)16-5-1-2-6-16/h3-4,7-10,16H,1-2,5-6,11-15H2. The molecule has 4 rings (SSSR count). The summed E-state index contributed by atoms with van der Waals surface area (Å²) in [7, 11) is 0. The lowest BCUT2D eigenvalue weighted by molar-refractivity contribution is -0.136. The fourth-order valence-corrected chi connectivity index (χ4v) is 4.05. The lowest BCUT2D eigenvalue weighted by Crippen LogP contribution is -2.51. The third-order valence-corrected chi connectivity index (χ3v) is 5.68. The van der Waals surface area contributed by atoms with Crippen molar-refractivity contribution >= 4 is 11.8 Å². The van der Waals surface area contributed by atoms with Crippen molar-refractivity contribution in [1.82, 2.24) is 14.4 Å². The third-order valence-electron chi connectivity index (χ3n) is 5.68. The molecule has 2 aliphatic rings. The monoisotopic (exact) mass is 383 g/mol. The van der Waals surface area contributed by atoms with Crippen LogP contribution in [-0.4, -0.2) is 52.4 Å². The first-order valence-electron chi connectivity index (χ1n) is 9.94. The fourth-order valence-electron chi connectivity index (χ4n) is 4.05. The molecular weight excluding hydrogens is 358 g/mol. The summed E-state index contributed by atoms with van der Waals surface area (Å²) in [6.45, 7) is 2.48. The number of piperazine rings is 1. The number of hydrogen-bond acceptors (Lipinski definition) is 4. The van der Waals surface area contributed by atoms with Crippen molar-refractivity contribution in [3.63, 3.8) is 0 Å². The summed E-state index contributed by atoms with van der Waals surface area (Å²) >= 11 is 0. The Morgan fingerprint density at radius 2 is 1.68 bits per heavy atom. The predicted molar refractivity (Wildman–Crippen MR) is 103 cm³/mol. The molecule has 3 heterocycles. The van der Waals surface area contributed by atoms with E-state index in [1.165, 1.54) is 10.6 Å². The van der Waals surface area contributed by atoms with Crippen LogP contribution in [0, 0.1) is 5.92 Å². The van der Waals surface area contributed by atoms with Crippen molar-refractivity contribution in [3.8, 4) is 0 Å². The molecule has 2 amide bonds. The van der Waals surface area contributed by atoms with Gasteiger partial charge in [0.25, 0.3) is 11.5 Å². The number of carbonyl (C=O) groups is 2. The first-order chi connectivity index (χ1) is 13.6. The van der Waals surface area contributed by atoms with Crippen LogP contribution >= 0.6 is 0 Å². The van der Waals surface area contributed by atoms with Crippen LogP contribution in [0.2, 0.25) is 0 Å². The molecule has 0 spiro atoms. The molecule has 1 saturated carbocycles. The van der Waals surface area contributed by atoms with Crippen LogP contribution in [-0.2, 0) is 11.3 Å². The zero-order valence-electron chi connectivity index (χ0n) is 15.9. The first-order valence-corrected chi connectivity index (χ1v) is 9.94. The Hall–Kier alpha value is -2.83. The van der Waals surface area contributed by atoms with Crippen molar-refractivity contribution in [2.24, 2.45) is 5.92 Å². The molecule has 0 bridgehead atoms. The van der Waals surface area contributed by atoms with Gasteiger partial charge in [0.05, 0.1) is 6.54 Å². The molecule has 1 aliphatic carbocycles. The summed E-state index contributed by atoms with van der Waals surface area (Å²) in [5.74, 6) is 1.09. The minimum Gasteiger partial charge on any atom is -0.454 e. The van der Waals surface area contributed by atoms with Crippen molar-refractivity contribution in [2.75, 3.05) is 26.2 Å². The summed E-state index contributed by atoms with van der Waals surface area (Å²) in [6.07, 6.45) is 5.97. The molecule has 2 aromatic rings. The number of hydrogen-bond donors (Lipinski definition) is 0. The van der Waals surface area contributed by atoms with Gasteiger partial charge in [0, 0.05) is 44.4 Å². The van der Waals surface area contributed by atoms with Gasteiger partial charge in [0.1, 0.15) is 5.76 Å². The summed E-state index contributed by atoms with van der Waals surface area (Å²) in [4.78, 5) is 40.7. The molecule has 1 saturated heterocycles. The predicted octanol–water partition coefficient (Wildman–Crippen LogP) is 1.96. The molecule has 2 fully saturated rings. The highest BCUT2D eigenvalue weighted by atomic mass is 16.4. The second kappa shape index (κ2) is 8.04. The number of carbonyl (C=O) groups excluding carboxylic acids is 2. The van der Waals surface area contributed by atoms with E-state index in [-0.39, 0.29) is 35.6 Å². The minimum absolute atomic E-state index is 0.116. The van der Waals surface area contributed by atoms with Crippen LogP contribution in [0.3, 0.4) is 0 Å². The maximum Gasteiger partial charge on any atom is 0.289 e. The molecule has 28 heavy (non-hydrogen) atoms. The number of pyridine rings is 1. The number of aromatic nitrogens is 1. The molecule has 0 radical (unpaired) electrons. The van der Waals surface area contributed by atoms with Gasteiger partial charge in [-0.05, 0) is 31.0 Å². The summed E-state index contributed by atoms with van der Waals surface area (Å²) < 4.78 is 7.21. The van der Waals surface area contributed by atoms with E-state index >= 15 is 0 Å². The average Bonchev–Trinajstić information content (AvgIpc) is 3.41. The molecule has 0 aromatic carbocycles. The Morgan fingerprint density at radius 3 is 2.39 bits per heavy atom.